The Hall–Kier alpha value is -0.850. The smallest absolute Gasteiger partial charge is 0.409 e. The van der Waals surface area contributed by atoms with Crippen LogP contribution < -0.4 is 5.32 Å². The highest BCUT2D eigenvalue weighted by molar-refractivity contribution is 5.68. The van der Waals surface area contributed by atoms with E-state index < -0.39 is 0 Å². The van der Waals surface area contributed by atoms with Gasteiger partial charge in [-0.1, -0.05) is 0 Å². The Morgan fingerprint density at radius 1 is 1.38 bits per heavy atom. The molecule has 3 aliphatic rings. The summed E-state index contributed by atoms with van der Waals surface area (Å²) in [5, 5.41) is 3.45. The van der Waals surface area contributed by atoms with Gasteiger partial charge in [-0.2, -0.15) is 0 Å². The topological polar surface area (TPSA) is 54.0 Å². The second kappa shape index (κ2) is 6.50. The summed E-state index contributed by atoms with van der Waals surface area (Å²) in [7, 11) is 0. The minimum atomic E-state index is -0.159. The van der Waals surface area contributed by atoms with Crippen LogP contribution in [0.5, 0.6) is 0 Å². The molecule has 0 bridgehead atoms. The first-order chi connectivity index (χ1) is 10.2. The summed E-state index contributed by atoms with van der Waals surface area (Å²) < 4.78 is 11.1. The highest BCUT2D eigenvalue weighted by Gasteiger charge is 2.40. The molecule has 3 rings (SSSR count). The number of carbonyl (C=O) groups excluding carboxylic acids is 1. The lowest BCUT2D eigenvalue weighted by Crippen LogP contribution is -2.57. The molecule has 3 heterocycles. The van der Waals surface area contributed by atoms with Crippen molar-refractivity contribution in [3.05, 3.63) is 0 Å². The second-order valence-corrected chi connectivity index (χ2v) is 6.33. The van der Waals surface area contributed by atoms with Crippen molar-refractivity contribution in [2.45, 2.75) is 37.8 Å². The van der Waals surface area contributed by atoms with Gasteiger partial charge in [-0.05, 0) is 26.2 Å². The highest BCUT2D eigenvalue weighted by Crippen LogP contribution is 2.30. The fraction of sp³-hybridized carbons (Fsp3) is 0.933. The van der Waals surface area contributed by atoms with E-state index in [0.29, 0.717) is 12.6 Å². The van der Waals surface area contributed by atoms with E-state index in [1.807, 2.05) is 11.8 Å². The van der Waals surface area contributed by atoms with E-state index in [1.54, 1.807) is 0 Å². The third-order valence-corrected chi connectivity index (χ3v) is 5.05. The minimum absolute atomic E-state index is 0.0637. The summed E-state index contributed by atoms with van der Waals surface area (Å²) in [4.78, 5) is 16.1. The molecule has 0 aromatic heterocycles. The average molecular weight is 297 g/mol. The van der Waals surface area contributed by atoms with E-state index in [4.69, 9.17) is 9.47 Å². The number of nitrogens with zero attached hydrogens (tertiary/aromatic N) is 2. The number of rotatable bonds is 2. The quantitative estimate of drug-likeness (QED) is 0.812. The van der Waals surface area contributed by atoms with Gasteiger partial charge in [0.25, 0.3) is 0 Å². The van der Waals surface area contributed by atoms with Crippen molar-refractivity contribution in [2.24, 2.45) is 0 Å². The molecule has 3 saturated heterocycles. The van der Waals surface area contributed by atoms with Gasteiger partial charge >= 0.3 is 6.09 Å². The summed E-state index contributed by atoms with van der Waals surface area (Å²) in [6.45, 7) is 8.88. The van der Waals surface area contributed by atoms with Gasteiger partial charge in [-0.15, -0.1) is 0 Å². The van der Waals surface area contributed by atoms with E-state index in [1.165, 1.54) is 0 Å². The largest absolute Gasteiger partial charge is 0.450 e. The van der Waals surface area contributed by atoms with Crippen LogP contribution in [-0.4, -0.2) is 80.0 Å². The lowest BCUT2D eigenvalue weighted by atomic mass is 9.89. The maximum Gasteiger partial charge on any atom is 0.409 e. The molecule has 3 fully saturated rings. The summed E-state index contributed by atoms with van der Waals surface area (Å²) >= 11 is 0. The molecule has 0 saturated carbocycles. The fourth-order valence-electron chi connectivity index (χ4n) is 3.75. The fourth-order valence-corrected chi connectivity index (χ4v) is 3.75. The number of piperidine rings is 1. The lowest BCUT2D eigenvalue weighted by molar-refractivity contribution is -0.103. The second-order valence-electron chi connectivity index (χ2n) is 6.33. The standard InChI is InChI=1S/C15H27N3O3/c1-2-20-14(19)18-7-3-13(11-18)17-8-4-15(5-9-17)12-16-6-10-21-15/h13,16H,2-12H2,1H3. The van der Waals surface area contributed by atoms with Crippen molar-refractivity contribution < 1.29 is 14.3 Å². The van der Waals surface area contributed by atoms with Crippen molar-refractivity contribution in [3.8, 4) is 0 Å². The molecular weight excluding hydrogens is 270 g/mol. The zero-order valence-electron chi connectivity index (χ0n) is 13.0. The van der Waals surface area contributed by atoms with Crippen LogP contribution >= 0.6 is 0 Å². The summed E-state index contributed by atoms with van der Waals surface area (Å²) in [6, 6.07) is 0.489. The number of ether oxygens (including phenoxy) is 2. The van der Waals surface area contributed by atoms with E-state index in [2.05, 4.69) is 10.2 Å². The van der Waals surface area contributed by atoms with Crippen LogP contribution in [-0.2, 0) is 9.47 Å². The number of hydrogen-bond donors (Lipinski definition) is 1. The predicted octanol–water partition coefficient (Wildman–Crippen LogP) is 0.672. The molecule has 3 aliphatic heterocycles. The van der Waals surface area contributed by atoms with Gasteiger partial charge in [0, 0.05) is 45.3 Å². The number of hydrogen-bond acceptors (Lipinski definition) is 5. The van der Waals surface area contributed by atoms with Gasteiger partial charge in [0.15, 0.2) is 0 Å². The number of amides is 1. The van der Waals surface area contributed by atoms with Crippen LogP contribution in [0.25, 0.3) is 0 Å². The molecule has 1 spiro atoms. The summed E-state index contributed by atoms with van der Waals surface area (Å²) in [5.41, 5.74) is 0.0637. The van der Waals surface area contributed by atoms with E-state index in [-0.39, 0.29) is 11.7 Å². The average Bonchev–Trinajstić information content (AvgIpc) is 2.99. The van der Waals surface area contributed by atoms with Crippen LogP contribution in [0, 0.1) is 0 Å². The van der Waals surface area contributed by atoms with Gasteiger partial charge < -0.3 is 19.7 Å². The monoisotopic (exact) mass is 297 g/mol. The highest BCUT2D eigenvalue weighted by atomic mass is 16.6. The molecule has 6 heteroatoms. The van der Waals surface area contributed by atoms with Crippen LogP contribution in [0.3, 0.4) is 0 Å². The molecule has 1 atom stereocenters. The van der Waals surface area contributed by atoms with Gasteiger partial charge in [0.2, 0.25) is 0 Å². The summed E-state index contributed by atoms with van der Waals surface area (Å²) in [5.74, 6) is 0. The third kappa shape index (κ3) is 3.33. The van der Waals surface area contributed by atoms with Crippen LogP contribution in [0.4, 0.5) is 4.79 Å². The first-order valence-corrected chi connectivity index (χ1v) is 8.23. The van der Waals surface area contributed by atoms with Gasteiger partial charge in [0.05, 0.1) is 18.8 Å². The number of nitrogens with one attached hydrogen (secondary N) is 1. The van der Waals surface area contributed by atoms with Gasteiger partial charge in [-0.25, -0.2) is 4.79 Å². The minimum Gasteiger partial charge on any atom is -0.450 e. The Balaban J connectivity index is 1.48. The van der Waals surface area contributed by atoms with Crippen molar-refractivity contribution in [1.82, 2.24) is 15.1 Å². The summed E-state index contributed by atoms with van der Waals surface area (Å²) in [6.07, 6.45) is 3.09. The third-order valence-electron chi connectivity index (χ3n) is 5.05. The molecule has 1 N–H and O–H groups in total. The molecule has 0 aromatic rings. The molecule has 6 nitrogen and oxygen atoms in total. The Morgan fingerprint density at radius 3 is 2.86 bits per heavy atom. The Morgan fingerprint density at radius 2 is 2.19 bits per heavy atom. The van der Waals surface area contributed by atoms with Crippen molar-refractivity contribution in [2.75, 3.05) is 52.5 Å². The molecule has 1 unspecified atom stereocenters. The predicted molar refractivity (Wildman–Crippen MR) is 79.4 cm³/mol. The number of carbonyl (C=O) groups is 1. The molecule has 1 amide bonds. The number of morpholine rings is 1. The first-order valence-electron chi connectivity index (χ1n) is 8.23. The van der Waals surface area contributed by atoms with E-state index >= 15 is 0 Å². The Bertz CT molecular complexity index is 361. The SMILES string of the molecule is CCOC(=O)N1CCC(N2CCC3(CC2)CNCCO3)C1. The number of likely N-dealkylation sites (tertiary alicyclic amines) is 2. The zero-order valence-corrected chi connectivity index (χ0v) is 13.0. The van der Waals surface area contributed by atoms with E-state index in [0.717, 1.165) is 65.1 Å². The van der Waals surface area contributed by atoms with Crippen LogP contribution in [0.2, 0.25) is 0 Å². The van der Waals surface area contributed by atoms with Crippen LogP contribution in [0.1, 0.15) is 26.2 Å². The lowest BCUT2D eigenvalue weighted by Gasteiger charge is -2.45. The van der Waals surface area contributed by atoms with E-state index in [9.17, 15) is 4.79 Å². The molecule has 0 radical (unpaired) electrons. The molecular formula is C15H27N3O3. The molecule has 21 heavy (non-hydrogen) atoms. The molecule has 0 aliphatic carbocycles. The normalized spacial score (nSPS) is 29.8. The van der Waals surface area contributed by atoms with Gasteiger partial charge in [-0.3, -0.25) is 4.90 Å². The van der Waals surface area contributed by atoms with Crippen molar-refractivity contribution in [1.29, 1.82) is 0 Å². The first kappa shape index (κ1) is 15.1. The molecule has 120 valence electrons. The van der Waals surface area contributed by atoms with Crippen LogP contribution in [0.15, 0.2) is 0 Å². The van der Waals surface area contributed by atoms with Crippen molar-refractivity contribution >= 4 is 6.09 Å². The Kier molecular flexibility index (Phi) is 4.66. The Labute approximate surface area is 126 Å². The maximum atomic E-state index is 11.8. The maximum absolute atomic E-state index is 11.8. The molecule has 0 aromatic carbocycles. The zero-order chi connectivity index (χ0) is 14.7. The van der Waals surface area contributed by atoms with Crippen molar-refractivity contribution in [3.63, 3.8) is 0 Å². The van der Waals surface area contributed by atoms with Gasteiger partial charge in [0.1, 0.15) is 0 Å².